The molecule has 1 aromatic heterocycles. The van der Waals surface area contributed by atoms with Gasteiger partial charge in [0, 0.05) is 19.3 Å². The predicted octanol–water partition coefficient (Wildman–Crippen LogP) is 4.27. The van der Waals surface area contributed by atoms with Crippen LogP contribution in [0.4, 0.5) is 25.1 Å². The van der Waals surface area contributed by atoms with Crippen LogP contribution in [-0.2, 0) is 6.54 Å². The third kappa shape index (κ3) is 4.54. The quantitative estimate of drug-likeness (QED) is 0.703. The van der Waals surface area contributed by atoms with E-state index in [1.807, 2.05) is 42.3 Å². The average Bonchev–Trinajstić information content (AvgIpc) is 3.07. The molecule has 0 aliphatic rings. The van der Waals surface area contributed by atoms with Gasteiger partial charge in [-0.2, -0.15) is 0 Å². The molecule has 26 heavy (non-hydrogen) atoms. The van der Waals surface area contributed by atoms with Crippen molar-refractivity contribution in [3.05, 3.63) is 65.5 Å². The summed E-state index contributed by atoms with van der Waals surface area (Å²) in [6.45, 7) is 2.35. The fourth-order valence-electron chi connectivity index (χ4n) is 2.28. The molecule has 0 fully saturated rings. The number of rotatable bonds is 5. The molecule has 0 saturated heterocycles. The van der Waals surface area contributed by atoms with Crippen LogP contribution in [0.15, 0.2) is 48.5 Å². The Bertz CT molecular complexity index is 900. The average molecular weight is 371 g/mol. The Hall–Kier alpha value is -3.00. The summed E-state index contributed by atoms with van der Waals surface area (Å²) in [6, 6.07) is 14.0. The zero-order valence-electron chi connectivity index (χ0n) is 14.4. The van der Waals surface area contributed by atoms with Gasteiger partial charge in [0.25, 0.3) is 0 Å². The first-order chi connectivity index (χ1) is 12.5. The molecule has 2 N–H and O–H groups in total. The van der Waals surface area contributed by atoms with Crippen LogP contribution in [0, 0.1) is 12.7 Å². The number of halogens is 1. The minimum Gasteiger partial charge on any atom is -0.345 e. The second-order valence-electron chi connectivity index (χ2n) is 5.77. The van der Waals surface area contributed by atoms with E-state index in [0.29, 0.717) is 28.1 Å². The zero-order chi connectivity index (χ0) is 18.5. The summed E-state index contributed by atoms with van der Waals surface area (Å²) in [5.41, 5.74) is 2.04. The number of amides is 2. The van der Waals surface area contributed by atoms with Gasteiger partial charge in [-0.05, 0) is 30.2 Å². The van der Waals surface area contributed by atoms with E-state index in [9.17, 15) is 9.18 Å². The topological polar surface area (TPSA) is 70.1 Å². The van der Waals surface area contributed by atoms with Crippen molar-refractivity contribution in [2.45, 2.75) is 13.5 Å². The normalized spacial score (nSPS) is 10.4. The van der Waals surface area contributed by atoms with Gasteiger partial charge in [0.2, 0.25) is 10.3 Å². The largest absolute Gasteiger partial charge is 0.345 e. The van der Waals surface area contributed by atoms with Crippen molar-refractivity contribution in [1.29, 1.82) is 0 Å². The smallest absolute Gasteiger partial charge is 0.325 e. The standard InChI is InChI=1S/C18H18FN5OS/c1-12-8-9-14(10-15(12)19)20-16(25)21-17-22-23-18(26-17)24(2)11-13-6-4-3-5-7-13/h3-10H,11H2,1-2H3,(H2,20,21,22,25). The van der Waals surface area contributed by atoms with Crippen LogP contribution in [0.1, 0.15) is 11.1 Å². The van der Waals surface area contributed by atoms with E-state index in [1.54, 1.807) is 19.1 Å². The molecule has 0 bridgehead atoms. The van der Waals surface area contributed by atoms with E-state index in [-0.39, 0.29) is 5.82 Å². The fraction of sp³-hybridized carbons (Fsp3) is 0.167. The lowest BCUT2D eigenvalue weighted by atomic mass is 10.2. The highest BCUT2D eigenvalue weighted by Crippen LogP contribution is 2.24. The number of nitrogens with zero attached hydrogens (tertiary/aromatic N) is 3. The van der Waals surface area contributed by atoms with Crippen molar-refractivity contribution in [3.63, 3.8) is 0 Å². The van der Waals surface area contributed by atoms with E-state index >= 15 is 0 Å². The molecule has 2 amide bonds. The van der Waals surface area contributed by atoms with Crippen LogP contribution in [0.2, 0.25) is 0 Å². The van der Waals surface area contributed by atoms with Crippen molar-refractivity contribution in [2.24, 2.45) is 0 Å². The number of urea groups is 1. The number of carbonyl (C=O) groups is 1. The Morgan fingerprint density at radius 2 is 1.92 bits per heavy atom. The number of hydrogen-bond donors (Lipinski definition) is 2. The summed E-state index contributed by atoms with van der Waals surface area (Å²) >= 11 is 1.26. The first kappa shape index (κ1) is 17.8. The Kier molecular flexibility index (Phi) is 5.43. The molecule has 0 unspecified atom stereocenters. The number of carbonyl (C=O) groups excluding carboxylic acids is 1. The summed E-state index contributed by atoms with van der Waals surface area (Å²) in [5.74, 6) is -0.372. The van der Waals surface area contributed by atoms with Crippen LogP contribution >= 0.6 is 11.3 Å². The molecular weight excluding hydrogens is 353 g/mol. The lowest BCUT2D eigenvalue weighted by Gasteiger charge is -2.14. The summed E-state index contributed by atoms with van der Waals surface area (Å²) in [7, 11) is 1.91. The first-order valence-electron chi connectivity index (χ1n) is 7.94. The van der Waals surface area contributed by atoms with Crippen molar-refractivity contribution >= 4 is 33.3 Å². The van der Waals surface area contributed by atoms with E-state index in [0.717, 1.165) is 5.56 Å². The molecule has 0 radical (unpaired) electrons. The lowest BCUT2D eigenvalue weighted by Crippen LogP contribution is -2.19. The first-order valence-corrected chi connectivity index (χ1v) is 8.75. The van der Waals surface area contributed by atoms with E-state index in [2.05, 4.69) is 20.8 Å². The molecule has 1 heterocycles. The van der Waals surface area contributed by atoms with Crippen LogP contribution in [0.25, 0.3) is 0 Å². The Morgan fingerprint density at radius 3 is 2.65 bits per heavy atom. The summed E-state index contributed by atoms with van der Waals surface area (Å²) < 4.78 is 13.5. The highest BCUT2D eigenvalue weighted by molar-refractivity contribution is 7.19. The maximum Gasteiger partial charge on any atom is 0.325 e. The molecule has 2 aromatic carbocycles. The third-order valence-corrected chi connectivity index (χ3v) is 4.61. The van der Waals surface area contributed by atoms with Gasteiger partial charge in [0.15, 0.2) is 0 Å². The van der Waals surface area contributed by atoms with Gasteiger partial charge in [-0.25, -0.2) is 9.18 Å². The van der Waals surface area contributed by atoms with Gasteiger partial charge < -0.3 is 10.2 Å². The van der Waals surface area contributed by atoms with E-state index in [4.69, 9.17) is 0 Å². The van der Waals surface area contributed by atoms with Crippen molar-refractivity contribution in [3.8, 4) is 0 Å². The summed E-state index contributed by atoms with van der Waals surface area (Å²) in [4.78, 5) is 14.0. The number of hydrogen-bond acceptors (Lipinski definition) is 5. The minimum atomic E-state index is -0.498. The second-order valence-corrected chi connectivity index (χ2v) is 6.73. The predicted molar refractivity (Wildman–Crippen MR) is 102 cm³/mol. The molecule has 0 spiro atoms. The zero-order valence-corrected chi connectivity index (χ0v) is 15.2. The SMILES string of the molecule is Cc1ccc(NC(=O)Nc2nnc(N(C)Cc3ccccc3)s2)cc1F. The maximum atomic E-state index is 13.5. The summed E-state index contributed by atoms with van der Waals surface area (Å²) in [5, 5.41) is 14.3. The van der Waals surface area contributed by atoms with E-state index < -0.39 is 6.03 Å². The Labute approximate surface area is 154 Å². The number of nitrogens with one attached hydrogen (secondary N) is 2. The molecule has 3 rings (SSSR count). The van der Waals surface area contributed by atoms with Crippen LogP contribution in [0.3, 0.4) is 0 Å². The third-order valence-electron chi connectivity index (χ3n) is 3.65. The molecule has 6 nitrogen and oxygen atoms in total. The molecule has 134 valence electrons. The van der Waals surface area contributed by atoms with E-state index in [1.165, 1.54) is 17.4 Å². The lowest BCUT2D eigenvalue weighted by molar-refractivity contribution is 0.262. The Morgan fingerprint density at radius 1 is 1.15 bits per heavy atom. The molecular formula is C18H18FN5OS. The molecule has 0 saturated carbocycles. The fourth-order valence-corrected chi connectivity index (χ4v) is 2.98. The number of benzene rings is 2. The number of aryl methyl sites for hydroxylation is 1. The molecule has 0 aliphatic carbocycles. The number of anilines is 3. The summed E-state index contributed by atoms with van der Waals surface area (Å²) in [6.07, 6.45) is 0. The van der Waals surface area contributed by atoms with Crippen LogP contribution in [-0.4, -0.2) is 23.3 Å². The molecule has 8 heteroatoms. The van der Waals surface area contributed by atoms with Crippen molar-refractivity contribution in [1.82, 2.24) is 10.2 Å². The van der Waals surface area contributed by atoms with Gasteiger partial charge in [-0.15, -0.1) is 10.2 Å². The van der Waals surface area contributed by atoms with Crippen LogP contribution in [0.5, 0.6) is 0 Å². The monoisotopic (exact) mass is 371 g/mol. The molecule has 0 aliphatic heterocycles. The second kappa shape index (κ2) is 7.92. The van der Waals surface area contributed by atoms with Gasteiger partial charge in [0.05, 0.1) is 0 Å². The van der Waals surface area contributed by atoms with Gasteiger partial charge in [-0.1, -0.05) is 47.7 Å². The van der Waals surface area contributed by atoms with Crippen LogP contribution < -0.4 is 15.5 Å². The van der Waals surface area contributed by atoms with Crippen molar-refractivity contribution in [2.75, 3.05) is 22.6 Å². The molecule has 0 atom stereocenters. The minimum absolute atomic E-state index is 0.366. The van der Waals surface area contributed by atoms with Gasteiger partial charge >= 0.3 is 6.03 Å². The highest BCUT2D eigenvalue weighted by Gasteiger charge is 2.12. The maximum absolute atomic E-state index is 13.5. The highest BCUT2D eigenvalue weighted by atomic mass is 32.1. The molecule has 3 aromatic rings. The van der Waals surface area contributed by atoms with Crippen molar-refractivity contribution < 1.29 is 9.18 Å². The van der Waals surface area contributed by atoms with Gasteiger partial charge in [0.1, 0.15) is 5.82 Å². The van der Waals surface area contributed by atoms with Gasteiger partial charge in [-0.3, -0.25) is 5.32 Å². The Balaban J connectivity index is 1.58. The number of aromatic nitrogens is 2.